The first-order valence-corrected chi connectivity index (χ1v) is 61.8. The number of thioether (sulfide) groups is 3. The van der Waals surface area contributed by atoms with Gasteiger partial charge < -0.3 is 72.3 Å². The molecule has 0 bridgehead atoms. The fourth-order valence-electron chi connectivity index (χ4n) is 12.5. The Bertz CT molecular complexity index is 4890. The molecular weight excluding hydrogens is 2410 g/mol. The molecule has 59 heteroatoms. The van der Waals surface area contributed by atoms with Crippen molar-refractivity contribution in [3.8, 4) is 0 Å². The summed E-state index contributed by atoms with van der Waals surface area (Å²) in [5.41, 5.74) is 10.7. The number of nitrogens with one attached hydrogen (secondary N) is 7. The van der Waals surface area contributed by atoms with Crippen molar-refractivity contribution in [3.05, 3.63) is 88.0 Å². The number of hydrogen-bond donors (Lipinski definition) is 9. The monoisotopic (exact) mass is 2500 g/mol. The number of anilines is 4. The van der Waals surface area contributed by atoms with Gasteiger partial charge in [-0.1, -0.05) is 62.7 Å². The van der Waals surface area contributed by atoms with Gasteiger partial charge in [-0.15, -0.1) is 139 Å². The molecule has 40 nitrogen and oxygen atoms in total. The SMILES string of the molecule is C.CCC1(C)CSC2C(NC(=O)/C(=N\OC)c3csc(NC(=O)CCl)n3)C(=O)N2C1C.CCC1=C(C(=O)O)N2C(=O)C(NC(=O)/C(=N\OC)c3csc(N)n3)C2SC1.CCC1=C(C)N2C(=O)C(NC(=O)/C(=N\OC)c3csc(NC(=O)CCl)n3)C2S(=O)C1.CCC1=C(C)N2C(=O)C(NC(=O)/C(=N\OC)c3csc(NC(=O)CCl)n3)C2SC1.I.O=O.[B].[Cl][Sn][Cl].[I][V][I]. The van der Waals surface area contributed by atoms with Gasteiger partial charge in [0.05, 0.1) is 10.8 Å². The molecule has 8 aliphatic rings. The molecule has 0 aliphatic carbocycles. The molecule has 11 unspecified atom stereocenters. The zero-order valence-corrected chi connectivity index (χ0v) is 89.5. The molecule has 0 saturated carbocycles. The minimum atomic E-state index is -1.32. The molecule has 0 aromatic carbocycles. The van der Waals surface area contributed by atoms with Gasteiger partial charge in [0, 0.05) is 80.3 Å². The topological polar surface area (TPSA) is 537 Å². The number of carboxylic acids is 1. The van der Waals surface area contributed by atoms with E-state index >= 15 is 0 Å². The van der Waals surface area contributed by atoms with Crippen LogP contribution in [-0.4, -0.2) is 291 Å². The Kier molecular flexibility index (Phi) is 51.4. The Labute approximate surface area is 841 Å². The molecule has 11 atom stereocenters. The van der Waals surface area contributed by atoms with Crippen LogP contribution in [0.5, 0.6) is 0 Å². The van der Waals surface area contributed by atoms with Crippen LogP contribution in [-0.2, 0) is 97.1 Å². The summed E-state index contributed by atoms with van der Waals surface area (Å²) < 4.78 is 12.6. The Morgan fingerprint density at radius 3 is 1.28 bits per heavy atom. The summed E-state index contributed by atoms with van der Waals surface area (Å²) in [7, 11) is 14.3. The zero-order chi connectivity index (χ0) is 92.3. The van der Waals surface area contributed by atoms with Crippen LogP contribution in [0.2, 0.25) is 0 Å². The number of thiazole rings is 4. The predicted molar refractivity (Wildman–Crippen MR) is 525 cm³/mol. The van der Waals surface area contributed by atoms with Gasteiger partial charge in [0.15, 0.2) is 43.4 Å². The quantitative estimate of drug-likeness (QED) is 0.00676. The van der Waals surface area contributed by atoms with Crippen LogP contribution in [0, 0.1) is 15.3 Å². The van der Waals surface area contributed by atoms with E-state index in [0.717, 1.165) is 86.7 Å². The molecule has 4 aromatic rings. The van der Waals surface area contributed by atoms with Gasteiger partial charge in [0.25, 0.3) is 41.4 Å². The molecule has 10 N–H and O–H groups in total. The fraction of sp³-hybridized carbons (Fsp3) is 0.500. The van der Waals surface area contributed by atoms with Crippen LogP contribution >= 0.6 is 197 Å². The normalized spacial score (nSPS) is 22.2. The van der Waals surface area contributed by atoms with Crippen LogP contribution in [0.15, 0.2) is 76.0 Å². The van der Waals surface area contributed by atoms with Crippen LogP contribution in [0.25, 0.3) is 0 Å². The summed E-state index contributed by atoms with van der Waals surface area (Å²) in [5, 5.41) is 48.5. The van der Waals surface area contributed by atoms with Crippen molar-refractivity contribution in [2.24, 2.45) is 26.0 Å². The number of β-lactam (4-membered cyclic amide) rings is 4. The molecule has 12 heterocycles. The average molecular weight is 2500 g/mol. The molecule has 8 aliphatic heterocycles. The van der Waals surface area contributed by atoms with E-state index in [1.165, 1.54) is 61.0 Å². The van der Waals surface area contributed by atoms with E-state index in [1.54, 1.807) is 44.6 Å². The molecule has 12 rings (SSSR count). The minimum absolute atomic E-state index is 0. The molecular formula is C68H86BCl5I3N20O20S8SnV. The molecule has 5 fully saturated rings. The molecule has 5 radical (unpaired) electrons. The van der Waals surface area contributed by atoms with Crippen molar-refractivity contribution in [3.63, 3.8) is 0 Å². The number of aliphatic carboxylic acids is 1. The summed E-state index contributed by atoms with van der Waals surface area (Å²) in [6.45, 7) is 16.0. The van der Waals surface area contributed by atoms with E-state index < -0.39 is 118 Å². The number of aromatic nitrogens is 4. The number of fused-ring (bicyclic) bond motifs is 4. The van der Waals surface area contributed by atoms with Gasteiger partial charge in [-0.3, -0.25) is 71.6 Å². The van der Waals surface area contributed by atoms with Gasteiger partial charge >= 0.3 is 92.1 Å². The summed E-state index contributed by atoms with van der Waals surface area (Å²) in [5.74, 6) is -3.98. The zero-order valence-electron chi connectivity index (χ0n) is 68.3. The van der Waals surface area contributed by atoms with E-state index in [1.807, 2.05) is 32.6 Å². The third-order valence-corrected chi connectivity index (χ3v) is 28.8. The maximum absolute atomic E-state index is 12.9. The van der Waals surface area contributed by atoms with Crippen molar-refractivity contribution in [2.75, 3.05) is 90.8 Å². The number of amides is 11. The third-order valence-electron chi connectivity index (χ3n) is 19.1. The van der Waals surface area contributed by atoms with Crippen molar-refractivity contribution < 1.29 is 95.7 Å². The molecule has 127 heavy (non-hydrogen) atoms. The Hall–Kier alpha value is -5.05. The molecule has 11 amide bonds. The van der Waals surface area contributed by atoms with E-state index in [4.69, 9.17) is 87.7 Å². The first-order valence-electron chi connectivity index (χ1n) is 36.0. The number of allylic oxidation sites excluding steroid dienone is 2. The Morgan fingerprint density at radius 1 is 0.583 bits per heavy atom. The van der Waals surface area contributed by atoms with E-state index in [0.29, 0.717) is 39.4 Å². The van der Waals surface area contributed by atoms with Gasteiger partial charge in [-0.25, -0.2) is 24.7 Å². The maximum atomic E-state index is 12.9. The van der Waals surface area contributed by atoms with Gasteiger partial charge in [0.2, 0.25) is 23.6 Å². The molecule has 4 aromatic heterocycles. The number of carboxylic acid groups (broad SMARTS) is 1. The van der Waals surface area contributed by atoms with Gasteiger partial charge in [-0.2, -0.15) is 0 Å². The summed E-state index contributed by atoms with van der Waals surface area (Å²) in [6, 6.07) is -2.94. The number of oxime groups is 4. The van der Waals surface area contributed by atoms with Crippen molar-refractivity contribution in [1.29, 1.82) is 0 Å². The van der Waals surface area contributed by atoms with E-state index in [2.05, 4.69) is 145 Å². The van der Waals surface area contributed by atoms with Crippen LogP contribution in [0.3, 0.4) is 0 Å². The third kappa shape index (κ3) is 28.8. The Morgan fingerprint density at radius 2 is 0.921 bits per heavy atom. The standard InChI is InChI=1S/C18H24ClN5O4S2.C17H20ClN5O5S2.C17H20ClN5O4S2.C15H17N5O5S2.CH4.B.2ClH.3HI.O2.Sn.V/c1-5-18(3)8-30-16-13(15(27)24(16)9(18)2)22-14(26)12(23-28-4)10-7-29-17(20-10)21-11(25)6-19;1-4-9-7-30(27)16-13(15(26)23(16)8(9)2)21-14(25)12(22-28-3)10-6-29-17(19-10)20-11(24)5-18;1-4-9-6-28-16-13(15(26)23(16)8(9)2)21-14(25)12(22-27-3)10-7-29-17(19-10)20-11(24)5-18;1-3-6-4-26-13-9(12(22)20(13)10(6)14(23)24)18-11(21)8(19-25-2)7-5-27-15(16)17-7;;;;;;;;1-2;;/h7,9,13,16H,5-6,8H2,1-4H3,(H,22,26)(H,20,21,25);6,13,16H,4-5,7H2,1-3H3,(H,21,25)(H,19,20,24);7,13,16H,4-6H2,1-3H3,(H,21,25)(H,19,20,24);5,9,13H,3-4H2,1-2H3,(H2,16,17)(H,18,21)(H,23,24);1H4;;5*1H;;;/q;;;;;;;;;;;;2*+2/p-4/b23-12-;2*22-12-;19-8-;;;;;;;;;;. The Balaban J connectivity index is 0.000000421. The summed E-state index contributed by atoms with van der Waals surface area (Å²) >= 11 is 29.5. The molecule has 5 saturated heterocycles. The van der Waals surface area contributed by atoms with Crippen LogP contribution < -0.4 is 43.0 Å². The van der Waals surface area contributed by atoms with E-state index in [-0.39, 0.29) is 169 Å². The number of nitrogens with zero attached hydrogens (tertiary/aromatic N) is 12. The number of halogens is 8. The number of rotatable bonds is 27. The van der Waals surface area contributed by atoms with Gasteiger partial charge in [0.1, 0.15) is 120 Å². The molecule has 694 valence electrons. The van der Waals surface area contributed by atoms with Crippen molar-refractivity contribution >= 4 is 350 Å². The number of carbonyl (C=O) groups excluding carboxylic acids is 11. The first-order chi connectivity index (χ1) is 59.2. The van der Waals surface area contributed by atoms with Crippen molar-refractivity contribution in [1.82, 2.24) is 60.8 Å². The number of nitrogen functional groups attached to an aromatic ring is 1. The second kappa shape index (κ2) is 56.2. The molecule has 0 spiro atoms. The van der Waals surface area contributed by atoms with Gasteiger partial charge in [-0.05, 0) is 68.6 Å². The predicted octanol–water partition coefficient (Wildman–Crippen LogP) is 8.33. The average Bonchev–Trinajstić information content (AvgIpc) is 1.69. The summed E-state index contributed by atoms with van der Waals surface area (Å²) in [6.07, 6.45) is 3.12. The number of alkyl halides is 3. The second-order valence-electron chi connectivity index (χ2n) is 25.9. The van der Waals surface area contributed by atoms with E-state index in [9.17, 15) is 66.8 Å². The fourth-order valence-corrected chi connectivity index (χ4v) is 22.2. The first kappa shape index (κ1) is 116. The second-order valence-corrected chi connectivity index (χ2v) is 51.1. The summed E-state index contributed by atoms with van der Waals surface area (Å²) in [4.78, 5) is 203. The number of nitrogens with two attached hydrogens (primary N) is 1. The number of hydrogen-bond acceptors (Lipinski definition) is 35. The number of carbonyl (C=O) groups is 12. The van der Waals surface area contributed by atoms with Crippen molar-refractivity contribution in [2.45, 2.75) is 140 Å². The van der Waals surface area contributed by atoms with Crippen LogP contribution in [0.1, 0.15) is 111 Å². The van der Waals surface area contributed by atoms with Crippen LogP contribution in [0.4, 0.5) is 20.5 Å².